The van der Waals surface area contributed by atoms with E-state index in [1.54, 1.807) is 23.5 Å². The highest BCUT2D eigenvalue weighted by atomic mass is 32.1. The number of nitro benzene ring substituents is 1. The SMILES string of the molecule is N#Cc1ccc(NCCc2cccs2)c([N+](=O)[O-])c1. The van der Waals surface area contributed by atoms with Crippen LogP contribution in [-0.4, -0.2) is 11.5 Å². The van der Waals surface area contributed by atoms with Gasteiger partial charge in [0.2, 0.25) is 0 Å². The summed E-state index contributed by atoms with van der Waals surface area (Å²) in [6.45, 7) is 0.618. The molecule has 0 saturated heterocycles. The van der Waals surface area contributed by atoms with Gasteiger partial charge in [-0.3, -0.25) is 10.1 Å². The van der Waals surface area contributed by atoms with E-state index in [1.165, 1.54) is 10.9 Å². The molecule has 6 heteroatoms. The van der Waals surface area contributed by atoms with Crippen LogP contribution in [0.2, 0.25) is 0 Å². The number of rotatable bonds is 5. The number of nitrogens with one attached hydrogen (secondary N) is 1. The first-order chi connectivity index (χ1) is 9.20. The normalized spacial score (nSPS) is 9.84. The van der Waals surface area contributed by atoms with Gasteiger partial charge in [-0.1, -0.05) is 6.07 Å². The monoisotopic (exact) mass is 273 g/mol. The molecule has 0 aliphatic rings. The van der Waals surface area contributed by atoms with Crippen LogP contribution in [-0.2, 0) is 6.42 Å². The summed E-state index contributed by atoms with van der Waals surface area (Å²) in [4.78, 5) is 11.7. The molecule has 1 N–H and O–H groups in total. The van der Waals surface area contributed by atoms with E-state index in [2.05, 4.69) is 5.32 Å². The van der Waals surface area contributed by atoms with Gasteiger partial charge in [0, 0.05) is 17.5 Å². The van der Waals surface area contributed by atoms with Crippen molar-refractivity contribution in [3.63, 3.8) is 0 Å². The lowest BCUT2D eigenvalue weighted by atomic mass is 10.2. The van der Waals surface area contributed by atoms with Crippen LogP contribution in [0.3, 0.4) is 0 Å². The molecule has 0 fully saturated rings. The lowest BCUT2D eigenvalue weighted by Gasteiger charge is -2.06. The van der Waals surface area contributed by atoms with Crippen molar-refractivity contribution in [3.05, 3.63) is 56.3 Å². The predicted molar refractivity (Wildman–Crippen MR) is 74.3 cm³/mol. The van der Waals surface area contributed by atoms with E-state index < -0.39 is 4.92 Å². The van der Waals surface area contributed by atoms with Crippen LogP contribution in [0.25, 0.3) is 0 Å². The number of thiophene rings is 1. The maximum atomic E-state index is 10.9. The van der Waals surface area contributed by atoms with Crippen LogP contribution in [0, 0.1) is 21.4 Å². The lowest BCUT2D eigenvalue weighted by molar-refractivity contribution is -0.384. The maximum absolute atomic E-state index is 10.9. The van der Waals surface area contributed by atoms with Crippen molar-refractivity contribution in [2.45, 2.75) is 6.42 Å². The quantitative estimate of drug-likeness (QED) is 0.670. The molecule has 5 nitrogen and oxygen atoms in total. The minimum absolute atomic E-state index is 0.0646. The summed E-state index contributed by atoms with van der Waals surface area (Å²) >= 11 is 1.66. The Hall–Kier alpha value is -2.39. The van der Waals surface area contributed by atoms with Crippen LogP contribution >= 0.6 is 11.3 Å². The molecule has 0 atom stereocenters. The maximum Gasteiger partial charge on any atom is 0.293 e. The molecule has 1 heterocycles. The van der Waals surface area contributed by atoms with Crippen LogP contribution in [0.15, 0.2) is 35.7 Å². The Balaban J connectivity index is 2.07. The van der Waals surface area contributed by atoms with E-state index >= 15 is 0 Å². The summed E-state index contributed by atoms with van der Waals surface area (Å²) in [6, 6.07) is 10.3. The fraction of sp³-hybridized carbons (Fsp3) is 0.154. The van der Waals surface area contributed by atoms with Crippen molar-refractivity contribution in [1.29, 1.82) is 5.26 Å². The summed E-state index contributed by atoms with van der Waals surface area (Å²) < 4.78 is 0. The van der Waals surface area contributed by atoms with Crippen LogP contribution in [0.1, 0.15) is 10.4 Å². The average Bonchev–Trinajstić information content (AvgIpc) is 2.92. The summed E-state index contributed by atoms with van der Waals surface area (Å²) in [6.07, 6.45) is 0.814. The van der Waals surface area contributed by atoms with Gasteiger partial charge in [-0.25, -0.2) is 0 Å². The van der Waals surface area contributed by atoms with Crippen LogP contribution in [0.5, 0.6) is 0 Å². The van der Waals surface area contributed by atoms with Crippen molar-refractivity contribution in [2.24, 2.45) is 0 Å². The molecular formula is C13H11N3O2S. The molecule has 0 saturated carbocycles. The second kappa shape index (κ2) is 5.98. The second-order valence-electron chi connectivity index (χ2n) is 3.86. The number of nitriles is 1. The summed E-state index contributed by atoms with van der Waals surface area (Å²) in [5.41, 5.74) is 0.668. The Morgan fingerprint density at radius 3 is 2.89 bits per heavy atom. The molecule has 19 heavy (non-hydrogen) atoms. The third kappa shape index (κ3) is 3.30. The fourth-order valence-corrected chi connectivity index (χ4v) is 2.39. The Labute approximate surface area is 114 Å². The molecule has 0 unspecified atom stereocenters. The van der Waals surface area contributed by atoms with Gasteiger partial charge in [0.25, 0.3) is 5.69 Å². The molecule has 1 aromatic heterocycles. The second-order valence-corrected chi connectivity index (χ2v) is 4.89. The number of anilines is 1. The van der Waals surface area contributed by atoms with Crippen molar-refractivity contribution < 1.29 is 4.92 Å². The van der Waals surface area contributed by atoms with E-state index in [4.69, 9.17) is 5.26 Å². The number of nitro groups is 1. The summed E-state index contributed by atoms with van der Waals surface area (Å²) in [5.74, 6) is 0. The van der Waals surface area contributed by atoms with Crippen molar-refractivity contribution in [1.82, 2.24) is 0 Å². The van der Waals surface area contributed by atoms with E-state index in [9.17, 15) is 10.1 Å². The zero-order valence-corrected chi connectivity index (χ0v) is 10.8. The molecule has 0 bridgehead atoms. The van der Waals surface area contributed by atoms with Gasteiger partial charge in [-0.2, -0.15) is 5.26 Å². The fourth-order valence-electron chi connectivity index (χ4n) is 1.68. The zero-order valence-electron chi connectivity index (χ0n) is 10.00. The molecule has 0 aliphatic heterocycles. The molecule has 1 aromatic carbocycles. The Kier molecular flexibility index (Phi) is 4.11. The average molecular weight is 273 g/mol. The molecule has 0 spiro atoms. The molecule has 0 amide bonds. The van der Waals surface area contributed by atoms with Gasteiger partial charge < -0.3 is 5.32 Å². The first-order valence-corrected chi connectivity index (χ1v) is 6.53. The molecule has 0 radical (unpaired) electrons. The summed E-state index contributed by atoms with van der Waals surface area (Å²) in [7, 11) is 0. The molecular weight excluding hydrogens is 262 g/mol. The van der Waals surface area contributed by atoms with Gasteiger partial charge in [0.15, 0.2) is 0 Å². The minimum atomic E-state index is -0.478. The zero-order chi connectivity index (χ0) is 13.7. The van der Waals surface area contributed by atoms with E-state index in [1.807, 2.05) is 23.6 Å². The van der Waals surface area contributed by atoms with Gasteiger partial charge in [0.1, 0.15) is 5.69 Å². The number of hydrogen-bond acceptors (Lipinski definition) is 5. The van der Waals surface area contributed by atoms with Gasteiger partial charge >= 0.3 is 0 Å². The van der Waals surface area contributed by atoms with Crippen molar-refractivity contribution in [2.75, 3.05) is 11.9 Å². The highest BCUT2D eigenvalue weighted by molar-refractivity contribution is 7.09. The van der Waals surface area contributed by atoms with Crippen molar-refractivity contribution >= 4 is 22.7 Å². The van der Waals surface area contributed by atoms with E-state index in [0.717, 1.165) is 6.42 Å². The van der Waals surface area contributed by atoms with Crippen LogP contribution in [0.4, 0.5) is 11.4 Å². The van der Waals surface area contributed by atoms with E-state index in [0.29, 0.717) is 12.2 Å². The first kappa shape index (κ1) is 13.1. The molecule has 96 valence electrons. The lowest BCUT2D eigenvalue weighted by Crippen LogP contribution is -2.06. The van der Waals surface area contributed by atoms with Crippen molar-refractivity contribution in [3.8, 4) is 6.07 Å². The minimum Gasteiger partial charge on any atom is -0.379 e. The third-order valence-electron chi connectivity index (χ3n) is 2.59. The standard InChI is InChI=1S/C13H11N3O2S/c14-9-10-3-4-12(13(8-10)16(17)18)15-6-5-11-2-1-7-19-11/h1-4,7-8,15H,5-6H2. The largest absolute Gasteiger partial charge is 0.379 e. The van der Waals surface area contributed by atoms with Crippen LogP contribution < -0.4 is 5.32 Å². The van der Waals surface area contributed by atoms with Gasteiger partial charge in [0.05, 0.1) is 16.6 Å². The van der Waals surface area contributed by atoms with Gasteiger partial charge in [-0.15, -0.1) is 11.3 Å². The highest BCUT2D eigenvalue weighted by Crippen LogP contribution is 2.25. The number of benzene rings is 1. The third-order valence-corrected chi connectivity index (χ3v) is 3.53. The first-order valence-electron chi connectivity index (χ1n) is 5.65. The van der Waals surface area contributed by atoms with Gasteiger partial charge in [-0.05, 0) is 30.0 Å². The topological polar surface area (TPSA) is 79.0 Å². The van der Waals surface area contributed by atoms with E-state index in [-0.39, 0.29) is 11.3 Å². The Morgan fingerprint density at radius 1 is 1.42 bits per heavy atom. The predicted octanol–water partition coefficient (Wildman–Crippen LogP) is 3.18. The molecule has 2 aromatic rings. The molecule has 2 rings (SSSR count). The Morgan fingerprint density at radius 2 is 2.26 bits per heavy atom. The Bertz CT molecular complexity index is 617. The number of hydrogen-bond donors (Lipinski definition) is 1. The summed E-state index contributed by atoms with van der Waals surface area (Å²) in [5, 5.41) is 24.7. The molecule has 0 aliphatic carbocycles. The highest BCUT2D eigenvalue weighted by Gasteiger charge is 2.14. The smallest absolute Gasteiger partial charge is 0.293 e. The number of nitrogens with zero attached hydrogens (tertiary/aromatic N) is 2.